The van der Waals surface area contributed by atoms with Gasteiger partial charge in [-0.1, -0.05) is 31.2 Å². The number of hydrogen-bond acceptors (Lipinski definition) is 4. The van der Waals surface area contributed by atoms with Crippen LogP contribution in [0.4, 0.5) is 0 Å². The summed E-state index contributed by atoms with van der Waals surface area (Å²) in [7, 11) is 0. The van der Waals surface area contributed by atoms with Crippen LogP contribution < -0.4 is 4.74 Å². The second kappa shape index (κ2) is 8.54. The van der Waals surface area contributed by atoms with Crippen molar-refractivity contribution >= 4 is 6.40 Å². The summed E-state index contributed by atoms with van der Waals surface area (Å²) in [6.45, 7) is 4.37. The molecule has 0 radical (unpaired) electrons. The Hall–Kier alpha value is -2.54. The van der Waals surface area contributed by atoms with Gasteiger partial charge in [0.05, 0.1) is 0 Å². The number of nitrogens with zero attached hydrogens (tertiary/aromatic N) is 1. The van der Waals surface area contributed by atoms with Gasteiger partial charge < -0.3 is 9.47 Å². The van der Waals surface area contributed by atoms with Gasteiger partial charge >= 0.3 is 0 Å². The molecular formula is C16H18N2O2. The summed E-state index contributed by atoms with van der Waals surface area (Å²) in [6, 6.07) is 7.64. The predicted molar refractivity (Wildman–Crippen MR) is 78.7 cm³/mol. The lowest BCUT2D eigenvalue weighted by molar-refractivity contribution is 0.312. The maximum atomic E-state index is 8.30. The summed E-state index contributed by atoms with van der Waals surface area (Å²) >= 11 is 0. The molecule has 1 aromatic rings. The molecule has 0 saturated heterocycles. The van der Waals surface area contributed by atoms with E-state index in [2.05, 4.69) is 11.7 Å². The van der Waals surface area contributed by atoms with Crippen LogP contribution in [0.5, 0.6) is 5.75 Å². The zero-order chi connectivity index (χ0) is 14.8. The van der Waals surface area contributed by atoms with E-state index in [0.717, 1.165) is 17.5 Å². The minimum atomic E-state index is 0.229. The highest BCUT2D eigenvalue weighted by Crippen LogP contribution is 2.26. The van der Waals surface area contributed by atoms with E-state index >= 15 is 0 Å². The molecule has 0 heterocycles. The molecule has 4 heteroatoms. The fraction of sp³-hybridized carbons (Fsp3) is 0.250. The van der Waals surface area contributed by atoms with Gasteiger partial charge in [-0.3, -0.25) is 5.41 Å². The first-order chi connectivity index (χ1) is 9.72. The second-order valence-electron chi connectivity index (χ2n) is 4.12. The molecule has 4 nitrogen and oxygen atoms in total. The number of nitriles is 1. The van der Waals surface area contributed by atoms with Crippen molar-refractivity contribution in [3.63, 3.8) is 0 Å². The first-order valence-corrected chi connectivity index (χ1v) is 6.32. The highest BCUT2D eigenvalue weighted by atomic mass is 16.5. The van der Waals surface area contributed by atoms with Gasteiger partial charge in [0.2, 0.25) is 0 Å². The second-order valence-corrected chi connectivity index (χ2v) is 4.12. The monoisotopic (exact) mass is 270 g/mol. The number of nitrogens with one attached hydrogen (secondary N) is 1. The number of ether oxygens (including phenoxy) is 2. The SMILES string of the molecule is C/C=C(\C=C/COC#N)C(C)c1ccc(OC=N)cc1. The summed E-state index contributed by atoms with van der Waals surface area (Å²) < 4.78 is 9.60. The Morgan fingerprint density at radius 2 is 2.10 bits per heavy atom. The van der Waals surface area contributed by atoms with E-state index in [0.29, 0.717) is 5.75 Å². The predicted octanol–water partition coefficient (Wildman–Crippen LogP) is 3.78. The molecule has 0 saturated carbocycles. The van der Waals surface area contributed by atoms with Crippen molar-refractivity contribution in [3.8, 4) is 12.0 Å². The maximum absolute atomic E-state index is 8.30. The van der Waals surface area contributed by atoms with Crippen LogP contribution in [-0.4, -0.2) is 13.0 Å². The molecule has 0 fully saturated rings. The molecule has 1 unspecified atom stereocenters. The molecule has 0 aliphatic rings. The van der Waals surface area contributed by atoms with Crippen molar-refractivity contribution < 1.29 is 9.47 Å². The van der Waals surface area contributed by atoms with E-state index in [-0.39, 0.29) is 12.5 Å². The van der Waals surface area contributed by atoms with Crippen LogP contribution >= 0.6 is 0 Å². The van der Waals surface area contributed by atoms with Crippen molar-refractivity contribution in [3.05, 3.63) is 53.6 Å². The van der Waals surface area contributed by atoms with Crippen molar-refractivity contribution in [1.29, 1.82) is 10.7 Å². The molecule has 1 atom stereocenters. The van der Waals surface area contributed by atoms with Crippen LogP contribution in [0.1, 0.15) is 25.3 Å². The van der Waals surface area contributed by atoms with E-state index in [4.69, 9.17) is 15.4 Å². The Morgan fingerprint density at radius 3 is 2.65 bits per heavy atom. The lowest BCUT2D eigenvalue weighted by atomic mass is 9.92. The van der Waals surface area contributed by atoms with Crippen molar-refractivity contribution in [1.82, 2.24) is 0 Å². The van der Waals surface area contributed by atoms with Gasteiger partial charge in [0.25, 0.3) is 6.26 Å². The smallest absolute Gasteiger partial charge is 0.286 e. The fourth-order valence-corrected chi connectivity index (χ4v) is 1.86. The molecule has 1 aromatic carbocycles. The molecule has 1 N–H and O–H groups in total. The molecule has 104 valence electrons. The van der Waals surface area contributed by atoms with Gasteiger partial charge in [0, 0.05) is 5.92 Å². The Kier molecular flexibility index (Phi) is 6.63. The van der Waals surface area contributed by atoms with E-state index < -0.39 is 0 Å². The van der Waals surface area contributed by atoms with Gasteiger partial charge in [-0.25, -0.2) is 0 Å². The van der Waals surface area contributed by atoms with Gasteiger partial charge in [-0.05, 0) is 36.3 Å². The average molecular weight is 270 g/mol. The van der Waals surface area contributed by atoms with Crippen LogP contribution in [0.25, 0.3) is 0 Å². The maximum Gasteiger partial charge on any atom is 0.286 e. The quantitative estimate of drug-likeness (QED) is 0.269. The first-order valence-electron chi connectivity index (χ1n) is 6.32. The number of hydrogen-bond donors (Lipinski definition) is 1. The Morgan fingerprint density at radius 1 is 1.40 bits per heavy atom. The number of allylic oxidation sites excluding steroid dienone is 3. The molecule has 1 rings (SSSR count). The molecule has 0 aromatic heterocycles. The van der Waals surface area contributed by atoms with Crippen LogP contribution in [0, 0.1) is 16.9 Å². The highest BCUT2D eigenvalue weighted by molar-refractivity contribution is 5.48. The largest absolute Gasteiger partial charge is 0.446 e. The minimum Gasteiger partial charge on any atom is -0.446 e. The fourth-order valence-electron chi connectivity index (χ4n) is 1.86. The zero-order valence-electron chi connectivity index (χ0n) is 11.7. The third-order valence-corrected chi connectivity index (χ3v) is 2.96. The molecule has 0 spiro atoms. The van der Waals surface area contributed by atoms with Crippen molar-refractivity contribution in [2.75, 3.05) is 6.61 Å². The van der Waals surface area contributed by atoms with Crippen LogP contribution in [-0.2, 0) is 4.74 Å². The highest BCUT2D eigenvalue weighted by Gasteiger charge is 2.08. The lowest BCUT2D eigenvalue weighted by Gasteiger charge is -2.13. The van der Waals surface area contributed by atoms with E-state index in [1.54, 1.807) is 6.26 Å². The average Bonchev–Trinajstić information content (AvgIpc) is 2.48. The minimum absolute atomic E-state index is 0.229. The summed E-state index contributed by atoms with van der Waals surface area (Å²) in [5.74, 6) is 0.878. The molecule has 0 aliphatic carbocycles. The molecular weight excluding hydrogens is 252 g/mol. The van der Waals surface area contributed by atoms with E-state index in [1.807, 2.05) is 49.4 Å². The Bertz CT molecular complexity index is 524. The molecule has 0 bridgehead atoms. The number of rotatable bonds is 7. The number of benzene rings is 1. The van der Waals surface area contributed by atoms with Gasteiger partial charge in [0.15, 0.2) is 6.40 Å². The van der Waals surface area contributed by atoms with Gasteiger partial charge in [0.1, 0.15) is 12.4 Å². The third-order valence-electron chi connectivity index (χ3n) is 2.96. The van der Waals surface area contributed by atoms with Crippen LogP contribution in [0.15, 0.2) is 48.1 Å². The summed E-state index contributed by atoms with van der Waals surface area (Å²) in [5, 5.41) is 15.2. The Labute approximate surface area is 119 Å². The van der Waals surface area contributed by atoms with E-state index in [9.17, 15) is 0 Å². The van der Waals surface area contributed by atoms with Crippen molar-refractivity contribution in [2.24, 2.45) is 0 Å². The van der Waals surface area contributed by atoms with Crippen molar-refractivity contribution in [2.45, 2.75) is 19.8 Å². The zero-order valence-corrected chi connectivity index (χ0v) is 11.7. The summed E-state index contributed by atoms with van der Waals surface area (Å²) in [5.41, 5.74) is 2.30. The van der Waals surface area contributed by atoms with Crippen LogP contribution in [0.2, 0.25) is 0 Å². The summed E-state index contributed by atoms with van der Waals surface area (Å²) in [6.07, 6.45) is 8.37. The topological polar surface area (TPSA) is 66.1 Å². The molecule has 0 aliphatic heterocycles. The Balaban J connectivity index is 2.75. The first kappa shape index (κ1) is 15.5. The third kappa shape index (κ3) is 4.62. The van der Waals surface area contributed by atoms with Gasteiger partial charge in [-0.2, -0.15) is 5.26 Å². The van der Waals surface area contributed by atoms with Gasteiger partial charge in [-0.15, -0.1) is 0 Å². The standard InChI is InChI=1S/C16H18N2O2/c1-3-14(5-4-10-19-11-17)13(2)15-6-8-16(9-7-15)20-12-18/h3-9,12-13,18H,10H2,1-2H3/b5-4-,14-3+,18-12?. The van der Waals surface area contributed by atoms with E-state index in [1.165, 1.54) is 0 Å². The molecule has 20 heavy (non-hydrogen) atoms. The summed E-state index contributed by atoms with van der Waals surface area (Å²) in [4.78, 5) is 0. The van der Waals surface area contributed by atoms with Crippen LogP contribution in [0.3, 0.4) is 0 Å². The lowest BCUT2D eigenvalue weighted by Crippen LogP contribution is -1.97. The molecule has 0 amide bonds. The normalized spacial score (nSPS) is 12.8.